The number of nitrogen functional groups attached to an aromatic ring is 1. The van der Waals surface area contributed by atoms with Gasteiger partial charge in [0.25, 0.3) is 0 Å². The fourth-order valence-corrected chi connectivity index (χ4v) is 5.45. The summed E-state index contributed by atoms with van der Waals surface area (Å²) in [5.74, 6) is 0.365. The number of nitrogens with two attached hydrogens (primary N) is 1. The number of rotatable bonds is 24. The van der Waals surface area contributed by atoms with E-state index >= 15 is 0 Å². The number of hydrogen-bond donors (Lipinski definition) is 1. The van der Waals surface area contributed by atoms with Gasteiger partial charge in [-0.25, -0.2) is 9.59 Å². The molecule has 0 bridgehead atoms. The quantitative estimate of drug-likeness (QED) is 0.0185. The summed E-state index contributed by atoms with van der Waals surface area (Å²) in [6, 6.07) is 16.4. The third-order valence-electron chi connectivity index (χ3n) is 8.30. The molecule has 0 radical (unpaired) electrons. The average molecular weight is 689 g/mol. The van der Waals surface area contributed by atoms with Crippen LogP contribution >= 0.6 is 0 Å². The summed E-state index contributed by atoms with van der Waals surface area (Å²) in [4.78, 5) is 35.2. The standard InChI is InChI=1S/C40H52N2O8/c1-4-6-14-17-30(3)49-38-29-36(41)35(28-37(38)42(45)46)31-18-20-32(21-19-31)40(44)50-34-24-22-33(23-25-34)47-26-15-12-10-8-7-9-11-13-16-27-48-39(43)5-2/h5,18-25,28-30H,2,4,6-17,26-27,41H2,1,3H3/t30-/m1/s1. The number of hydrogen-bond acceptors (Lipinski definition) is 9. The minimum atomic E-state index is -0.529. The predicted octanol–water partition coefficient (Wildman–Crippen LogP) is 10.0. The Kier molecular flexibility index (Phi) is 17.4. The molecular formula is C40H52N2O8. The maximum absolute atomic E-state index is 12.8. The number of esters is 2. The highest BCUT2D eigenvalue weighted by molar-refractivity contribution is 5.92. The van der Waals surface area contributed by atoms with Crippen molar-refractivity contribution in [1.29, 1.82) is 0 Å². The second-order valence-corrected chi connectivity index (χ2v) is 12.4. The van der Waals surface area contributed by atoms with Crippen LogP contribution in [0.15, 0.2) is 73.3 Å². The summed E-state index contributed by atoms with van der Waals surface area (Å²) in [6.07, 6.45) is 14.9. The number of carbonyl (C=O) groups is 2. The van der Waals surface area contributed by atoms with E-state index < -0.39 is 10.9 Å². The maximum Gasteiger partial charge on any atom is 0.343 e. The first-order valence-electron chi connectivity index (χ1n) is 17.8. The highest BCUT2D eigenvalue weighted by atomic mass is 16.6. The highest BCUT2D eigenvalue weighted by Crippen LogP contribution is 2.38. The van der Waals surface area contributed by atoms with E-state index in [1.165, 1.54) is 43.9 Å². The van der Waals surface area contributed by atoms with E-state index in [4.69, 9.17) is 24.7 Å². The molecular weight excluding hydrogens is 636 g/mol. The fraction of sp³-hybridized carbons (Fsp3) is 0.450. The number of benzene rings is 3. The zero-order valence-corrected chi connectivity index (χ0v) is 29.5. The second-order valence-electron chi connectivity index (χ2n) is 12.4. The normalized spacial score (nSPS) is 11.4. The molecule has 0 unspecified atom stereocenters. The summed E-state index contributed by atoms with van der Waals surface area (Å²) in [7, 11) is 0. The molecule has 3 rings (SSSR count). The Morgan fingerprint density at radius 3 is 2.04 bits per heavy atom. The molecule has 0 aliphatic carbocycles. The summed E-state index contributed by atoms with van der Waals surface area (Å²) >= 11 is 0. The highest BCUT2D eigenvalue weighted by Gasteiger charge is 2.21. The molecule has 0 aliphatic rings. The Balaban J connectivity index is 1.39. The van der Waals surface area contributed by atoms with Gasteiger partial charge < -0.3 is 24.7 Å². The van der Waals surface area contributed by atoms with Crippen molar-refractivity contribution in [1.82, 2.24) is 0 Å². The van der Waals surface area contributed by atoms with Gasteiger partial charge in [-0.05, 0) is 74.6 Å². The lowest BCUT2D eigenvalue weighted by Crippen LogP contribution is -2.13. The van der Waals surface area contributed by atoms with Crippen LogP contribution in [-0.4, -0.2) is 36.2 Å². The van der Waals surface area contributed by atoms with Crippen molar-refractivity contribution in [3.63, 3.8) is 0 Å². The molecule has 10 nitrogen and oxygen atoms in total. The SMILES string of the molecule is C=CC(=O)OCCCCCCCCCCCOc1ccc(OC(=O)c2ccc(-c3cc([N+](=O)[O-])c(O[C@H](C)CCCCC)cc3N)cc2)cc1. The van der Waals surface area contributed by atoms with Crippen molar-refractivity contribution in [3.8, 4) is 28.4 Å². The first-order chi connectivity index (χ1) is 24.2. The zero-order chi connectivity index (χ0) is 36.1. The maximum atomic E-state index is 12.8. The van der Waals surface area contributed by atoms with E-state index in [-0.39, 0.29) is 23.5 Å². The molecule has 0 fully saturated rings. The second kappa shape index (κ2) is 22.0. The Bertz CT molecular complexity index is 1500. The molecule has 0 spiro atoms. The lowest BCUT2D eigenvalue weighted by molar-refractivity contribution is -0.386. The van der Waals surface area contributed by atoms with Crippen LogP contribution in [0.4, 0.5) is 11.4 Å². The molecule has 0 amide bonds. The fourth-order valence-electron chi connectivity index (χ4n) is 5.45. The molecule has 0 aliphatic heterocycles. The number of nitro benzene ring substituents is 1. The molecule has 270 valence electrons. The van der Waals surface area contributed by atoms with Crippen LogP contribution in [0.5, 0.6) is 17.2 Å². The van der Waals surface area contributed by atoms with Crippen LogP contribution in [0.2, 0.25) is 0 Å². The molecule has 50 heavy (non-hydrogen) atoms. The molecule has 0 heterocycles. The van der Waals surface area contributed by atoms with Gasteiger partial charge in [0.2, 0.25) is 0 Å². The van der Waals surface area contributed by atoms with E-state index in [0.717, 1.165) is 57.8 Å². The van der Waals surface area contributed by atoms with Crippen LogP contribution in [0.1, 0.15) is 108 Å². The number of nitrogens with zero attached hydrogens (tertiary/aromatic N) is 1. The van der Waals surface area contributed by atoms with Crippen molar-refractivity contribution in [2.75, 3.05) is 18.9 Å². The number of unbranched alkanes of at least 4 members (excludes halogenated alkanes) is 10. The number of nitro groups is 1. The largest absolute Gasteiger partial charge is 0.494 e. The van der Waals surface area contributed by atoms with Gasteiger partial charge in [-0.2, -0.15) is 0 Å². The van der Waals surface area contributed by atoms with Crippen molar-refractivity contribution < 1.29 is 33.5 Å². The average Bonchev–Trinajstić information content (AvgIpc) is 3.11. The minimum absolute atomic E-state index is 0.148. The van der Waals surface area contributed by atoms with Crippen LogP contribution in [0.25, 0.3) is 11.1 Å². The van der Waals surface area contributed by atoms with E-state index in [1.807, 2.05) is 6.92 Å². The van der Waals surface area contributed by atoms with Gasteiger partial charge in [0.15, 0.2) is 5.75 Å². The minimum Gasteiger partial charge on any atom is -0.494 e. The Hall–Kier alpha value is -4.86. The van der Waals surface area contributed by atoms with Gasteiger partial charge in [-0.1, -0.05) is 83.4 Å². The van der Waals surface area contributed by atoms with Gasteiger partial charge in [0, 0.05) is 29.5 Å². The summed E-state index contributed by atoms with van der Waals surface area (Å²) < 4.78 is 22.3. The summed E-state index contributed by atoms with van der Waals surface area (Å²) in [6.45, 7) is 8.49. The Morgan fingerprint density at radius 1 is 0.840 bits per heavy atom. The lowest BCUT2D eigenvalue weighted by Gasteiger charge is -2.16. The van der Waals surface area contributed by atoms with Crippen molar-refractivity contribution in [2.45, 2.75) is 103 Å². The van der Waals surface area contributed by atoms with E-state index in [9.17, 15) is 19.7 Å². The monoisotopic (exact) mass is 688 g/mol. The summed E-state index contributed by atoms with van der Waals surface area (Å²) in [5, 5.41) is 11.9. The van der Waals surface area contributed by atoms with Gasteiger partial charge in [-0.15, -0.1) is 0 Å². The topological polar surface area (TPSA) is 140 Å². The van der Waals surface area contributed by atoms with Crippen LogP contribution in [0, 0.1) is 10.1 Å². The van der Waals surface area contributed by atoms with Gasteiger partial charge in [-0.3, -0.25) is 10.1 Å². The van der Waals surface area contributed by atoms with Crippen LogP contribution in [-0.2, 0) is 9.53 Å². The van der Waals surface area contributed by atoms with Crippen molar-refractivity contribution in [3.05, 3.63) is 89.0 Å². The Morgan fingerprint density at radius 2 is 1.44 bits per heavy atom. The van der Waals surface area contributed by atoms with E-state index in [1.54, 1.807) is 48.5 Å². The molecule has 3 aromatic carbocycles. The molecule has 2 N–H and O–H groups in total. The van der Waals surface area contributed by atoms with E-state index in [2.05, 4.69) is 13.5 Å². The molecule has 3 aromatic rings. The van der Waals surface area contributed by atoms with Gasteiger partial charge in [0.1, 0.15) is 11.5 Å². The van der Waals surface area contributed by atoms with Crippen LogP contribution in [0.3, 0.4) is 0 Å². The third-order valence-corrected chi connectivity index (χ3v) is 8.30. The summed E-state index contributed by atoms with van der Waals surface area (Å²) in [5.41, 5.74) is 7.93. The van der Waals surface area contributed by atoms with E-state index in [0.29, 0.717) is 47.1 Å². The molecule has 0 saturated heterocycles. The molecule has 0 saturated carbocycles. The zero-order valence-electron chi connectivity index (χ0n) is 29.5. The third kappa shape index (κ3) is 13.9. The van der Waals surface area contributed by atoms with Crippen molar-refractivity contribution in [2.24, 2.45) is 0 Å². The molecule has 10 heteroatoms. The number of carbonyl (C=O) groups excluding carboxylic acids is 2. The van der Waals surface area contributed by atoms with Gasteiger partial charge in [0.05, 0.1) is 29.8 Å². The number of ether oxygens (including phenoxy) is 4. The first kappa shape index (κ1) is 39.6. The van der Waals surface area contributed by atoms with Gasteiger partial charge >= 0.3 is 17.6 Å². The van der Waals surface area contributed by atoms with Crippen molar-refractivity contribution >= 4 is 23.3 Å². The molecule has 1 atom stereocenters. The number of anilines is 1. The smallest absolute Gasteiger partial charge is 0.343 e. The lowest BCUT2D eigenvalue weighted by atomic mass is 10.0. The Labute approximate surface area is 296 Å². The van der Waals surface area contributed by atoms with Crippen LogP contribution < -0.4 is 19.9 Å². The predicted molar refractivity (Wildman–Crippen MR) is 197 cm³/mol. The first-order valence-corrected chi connectivity index (χ1v) is 17.8. The molecule has 0 aromatic heterocycles.